The lowest BCUT2D eigenvalue weighted by Gasteiger charge is -2.34. The van der Waals surface area contributed by atoms with Crippen LogP contribution >= 0.6 is 0 Å². The van der Waals surface area contributed by atoms with Crippen molar-refractivity contribution in [2.24, 2.45) is 5.92 Å². The van der Waals surface area contributed by atoms with Crippen LogP contribution in [0.3, 0.4) is 0 Å². The third-order valence-electron chi connectivity index (χ3n) is 3.98. The Balaban J connectivity index is 2.29. The zero-order chi connectivity index (χ0) is 14.5. The van der Waals surface area contributed by atoms with Gasteiger partial charge in [0.15, 0.2) is 0 Å². The molecule has 20 heavy (non-hydrogen) atoms. The molecule has 0 spiro atoms. The quantitative estimate of drug-likeness (QED) is 0.796. The van der Waals surface area contributed by atoms with E-state index in [1.807, 2.05) is 13.0 Å². The number of hydrogen-bond donors (Lipinski definition) is 1. The second-order valence-corrected chi connectivity index (χ2v) is 6.11. The molecule has 0 aliphatic heterocycles. The molecule has 1 fully saturated rings. The molecule has 0 bridgehead atoms. The fraction of sp³-hybridized carbons (Fsp3) is 0.647. The van der Waals surface area contributed by atoms with Gasteiger partial charge in [-0.1, -0.05) is 32.8 Å². The van der Waals surface area contributed by atoms with Gasteiger partial charge in [-0.25, -0.2) is 0 Å². The Morgan fingerprint density at radius 3 is 2.60 bits per heavy atom. The molecule has 1 saturated carbocycles. The first-order chi connectivity index (χ1) is 9.63. The molecule has 0 saturated heterocycles. The summed E-state index contributed by atoms with van der Waals surface area (Å²) in [5.41, 5.74) is 8.29. The van der Waals surface area contributed by atoms with E-state index in [9.17, 15) is 0 Å². The Morgan fingerprint density at radius 1 is 1.30 bits per heavy atom. The number of hydrogen-bond acceptors (Lipinski definition) is 3. The normalized spacial score (nSPS) is 15.8. The molecule has 0 aromatic heterocycles. The van der Waals surface area contributed by atoms with Crippen LogP contribution in [0, 0.1) is 5.92 Å². The van der Waals surface area contributed by atoms with E-state index in [1.54, 1.807) is 0 Å². The number of para-hydroxylation sites is 1. The van der Waals surface area contributed by atoms with Crippen LogP contribution in [-0.4, -0.2) is 19.2 Å². The predicted molar refractivity (Wildman–Crippen MR) is 86.5 cm³/mol. The first-order valence-electron chi connectivity index (χ1n) is 7.91. The molecule has 0 heterocycles. The lowest BCUT2D eigenvalue weighted by molar-refractivity contribution is 0.342. The van der Waals surface area contributed by atoms with E-state index >= 15 is 0 Å². The monoisotopic (exact) mass is 276 g/mol. The maximum absolute atomic E-state index is 6.35. The van der Waals surface area contributed by atoms with Gasteiger partial charge in [-0.15, -0.1) is 0 Å². The minimum absolute atomic E-state index is 0.630. The summed E-state index contributed by atoms with van der Waals surface area (Å²) in [6.07, 6.45) is 5.24. The van der Waals surface area contributed by atoms with Crippen molar-refractivity contribution in [3.8, 4) is 5.75 Å². The lowest BCUT2D eigenvalue weighted by atomic mass is 10.1. The molecule has 1 aliphatic rings. The first-order valence-corrected chi connectivity index (χ1v) is 7.91. The number of benzene rings is 1. The molecular formula is C17H28N2O. The minimum Gasteiger partial charge on any atom is -0.492 e. The van der Waals surface area contributed by atoms with Gasteiger partial charge in [0, 0.05) is 12.6 Å². The highest BCUT2D eigenvalue weighted by atomic mass is 16.5. The van der Waals surface area contributed by atoms with Crippen LogP contribution in [0.1, 0.15) is 46.5 Å². The number of rotatable bonds is 6. The maximum Gasteiger partial charge on any atom is 0.144 e. The van der Waals surface area contributed by atoms with Crippen molar-refractivity contribution in [2.75, 3.05) is 23.8 Å². The fourth-order valence-electron chi connectivity index (χ4n) is 3.12. The topological polar surface area (TPSA) is 38.5 Å². The van der Waals surface area contributed by atoms with E-state index in [-0.39, 0.29) is 0 Å². The number of ether oxygens (including phenoxy) is 1. The third kappa shape index (κ3) is 3.38. The summed E-state index contributed by atoms with van der Waals surface area (Å²) in [7, 11) is 0. The lowest BCUT2D eigenvalue weighted by Crippen LogP contribution is -2.36. The van der Waals surface area contributed by atoms with Gasteiger partial charge in [0.2, 0.25) is 0 Å². The number of anilines is 2. The maximum atomic E-state index is 6.35. The van der Waals surface area contributed by atoms with Gasteiger partial charge in [-0.3, -0.25) is 0 Å². The highest BCUT2D eigenvalue weighted by Gasteiger charge is 2.25. The summed E-state index contributed by atoms with van der Waals surface area (Å²) in [6.45, 7) is 8.25. The first kappa shape index (κ1) is 15.0. The van der Waals surface area contributed by atoms with Gasteiger partial charge in [0.25, 0.3) is 0 Å². The van der Waals surface area contributed by atoms with Gasteiger partial charge in [-0.05, 0) is 37.8 Å². The van der Waals surface area contributed by atoms with Crippen LogP contribution in [0.15, 0.2) is 18.2 Å². The second kappa shape index (κ2) is 6.87. The van der Waals surface area contributed by atoms with Crippen molar-refractivity contribution in [3.05, 3.63) is 18.2 Å². The van der Waals surface area contributed by atoms with Crippen LogP contribution in [0.4, 0.5) is 11.4 Å². The number of nitrogens with two attached hydrogens (primary N) is 1. The zero-order valence-corrected chi connectivity index (χ0v) is 13.1. The molecule has 0 unspecified atom stereocenters. The molecule has 112 valence electrons. The van der Waals surface area contributed by atoms with Gasteiger partial charge in [-0.2, -0.15) is 0 Å². The molecule has 2 N–H and O–H groups in total. The SMILES string of the molecule is CCOc1cccc(N(CC(C)C)C2CCCC2)c1N. The van der Waals surface area contributed by atoms with Gasteiger partial charge in [0.05, 0.1) is 18.0 Å². The molecule has 3 heteroatoms. The molecule has 0 radical (unpaired) electrons. The molecular weight excluding hydrogens is 248 g/mol. The minimum atomic E-state index is 0.630. The van der Waals surface area contributed by atoms with E-state index in [1.165, 1.54) is 25.7 Å². The molecule has 2 rings (SSSR count). The van der Waals surface area contributed by atoms with Crippen molar-refractivity contribution < 1.29 is 4.74 Å². The van der Waals surface area contributed by atoms with Crippen LogP contribution < -0.4 is 15.4 Å². The number of nitrogen functional groups attached to an aromatic ring is 1. The third-order valence-corrected chi connectivity index (χ3v) is 3.98. The van der Waals surface area contributed by atoms with Crippen molar-refractivity contribution in [1.82, 2.24) is 0 Å². The summed E-state index contributed by atoms with van der Waals surface area (Å²) < 4.78 is 5.64. The van der Waals surface area contributed by atoms with Crippen LogP contribution in [-0.2, 0) is 0 Å². The van der Waals surface area contributed by atoms with Crippen LogP contribution in [0.25, 0.3) is 0 Å². The Kier molecular flexibility index (Phi) is 5.16. The van der Waals surface area contributed by atoms with E-state index in [4.69, 9.17) is 10.5 Å². The molecule has 0 amide bonds. The Morgan fingerprint density at radius 2 is 2.00 bits per heavy atom. The molecule has 0 atom stereocenters. The number of nitrogens with zero attached hydrogens (tertiary/aromatic N) is 1. The van der Waals surface area contributed by atoms with Crippen LogP contribution in [0.5, 0.6) is 5.75 Å². The largest absolute Gasteiger partial charge is 0.492 e. The van der Waals surface area contributed by atoms with E-state index < -0.39 is 0 Å². The van der Waals surface area contributed by atoms with Crippen molar-refractivity contribution in [1.29, 1.82) is 0 Å². The predicted octanol–water partition coefficient (Wildman–Crippen LogP) is 4.07. The van der Waals surface area contributed by atoms with Crippen molar-refractivity contribution in [3.63, 3.8) is 0 Å². The average Bonchev–Trinajstić information content (AvgIpc) is 2.93. The van der Waals surface area contributed by atoms with E-state index in [0.717, 1.165) is 23.7 Å². The van der Waals surface area contributed by atoms with E-state index in [0.29, 0.717) is 18.6 Å². The van der Waals surface area contributed by atoms with Gasteiger partial charge < -0.3 is 15.4 Å². The molecule has 1 aliphatic carbocycles. The van der Waals surface area contributed by atoms with Crippen molar-refractivity contribution >= 4 is 11.4 Å². The molecule has 1 aromatic rings. The highest BCUT2D eigenvalue weighted by molar-refractivity contribution is 5.74. The van der Waals surface area contributed by atoms with Gasteiger partial charge >= 0.3 is 0 Å². The van der Waals surface area contributed by atoms with Crippen LogP contribution in [0.2, 0.25) is 0 Å². The Hall–Kier alpha value is -1.38. The Bertz CT molecular complexity index is 425. The fourth-order valence-corrected chi connectivity index (χ4v) is 3.12. The summed E-state index contributed by atoms with van der Waals surface area (Å²) in [6, 6.07) is 6.79. The molecule has 3 nitrogen and oxygen atoms in total. The summed E-state index contributed by atoms with van der Waals surface area (Å²) in [5.74, 6) is 1.45. The Labute approximate surface area is 123 Å². The average molecular weight is 276 g/mol. The molecule has 1 aromatic carbocycles. The highest BCUT2D eigenvalue weighted by Crippen LogP contribution is 2.37. The summed E-state index contributed by atoms with van der Waals surface area (Å²) >= 11 is 0. The summed E-state index contributed by atoms with van der Waals surface area (Å²) in [4.78, 5) is 2.51. The summed E-state index contributed by atoms with van der Waals surface area (Å²) in [5, 5.41) is 0. The second-order valence-electron chi connectivity index (χ2n) is 6.11. The smallest absolute Gasteiger partial charge is 0.144 e. The van der Waals surface area contributed by atoms with Gasteiger partial charge in [0.1, 0.15) is 5.75 Å². The standard InChI is InChI=1S/C17H28N2O/c1-4-20-16-11-7-10-15(17(16)18)19(12-13(2)3)14-8-5-6-9-14/h7,10-11,13-14H,4-6,8-9,12,18H2,1-3H3. The van der Waals surface area contributed by atoms with Crippen molar-refractivity contribution in [2.45, 2.75) is 52.5 Å². The zero-order valence-electron chi connectivity index (χ0n) is 13.1. The van der Waals surface area contributed by atoms with E-state index in [2.05, 4.69) is 30.9 Å².